The van der Waals surface area contributed by atoms with Gasteiger partial charge in [0, 0.05) is 0 Å². The van der Waals surface area contributed by atoms with Gasteiger partial charge < -0.3 is 22.1 Å². The number of nitrogens with one attached hydrogen (secondary N) is 1. The van der Waals surface area contributed by atoms with Crippen LogP contribution in [-0.4, -0.2) is 39.3 Å². The van der Waals surface area contributed by atoms with E-state index in [0.717, 1.165) is 38.9 Å². The Morgan fingerprint density at radius 2 is 0.812 bits per heavy atom. The van der Waals surface area contributed by atoms with E-state index < -0.39 is 0 Å². The van der Waals surface area contributed by atoms with Crippen molar-refractivity contribution in [2.24, 2.45) is 17.2 Å². The van der Waals surface area contributed by atoms with Crippen LogP contribution in [0.3, 0.4) is 0 Å². The van der Waals surface area contributed by atoms with Crippen molar-refractivity contribution in [1.29, 1.82) is 0 Å². The number of hydrogen-bond donors (Lipinski definition) is 4. The van der Waals surface area contributed by atoms with E-state index in [4.69, 9.17) is 17.2 Å². The fourth-order valence-electron chi connectivity index (χ4n) is 1.93. The molecule has 0 spiro atoms. The molecule has 4 heteroatoms. The Balaban J connectivity index is 3.58. The molecule has 0 heterocycles. The molecule has 0 atom stereocenters. The lowest BCUT2D eigenvalue weighted by Crippen LogP contribution is -3.12. The molecular formula is C12H31N4+. The van der Waals surface area contributed by atoms with Crippen LogP contribution in [0, 0.1) is 0 Å². The Kier molecular flexibility index (Phi) is 12.8. The van der Waals surface area contributed by atoms with Gasteiger partial charge >= 0.3 is 0 Å². The molecule has 0 fully saturated rings. The fourth-order valence-corrected chi connectivity index (χ4v) is 1.93. The molecule has 0 saturated heterocycles. The van der Waals surface area contributed by atoms with E-state index in [1.807, 2.05) is 0 Å². The summed E-state index contributed by atoms with van der Waals surface area (Å²) in [5, 5.41) is 0. The van der Waals surface area contributed by atoms with Gasteiger partial charge in [0.2, 0.25) is 0 Å². The molecule has 0 unspecified atom stereocenters. The minimum atomic E-state index is 0.818. The van der Waals surface area contributed by atoms with Crippen molar-refractivity contribution in [1.82, 2.24) is 0 Å². The molecule has 0 saturated carbocycles. The smallest absolute Gasteiger partial charge is 0.0771 e. The van der Waals surface area contributed by atoms with Crippen LogP contribution in [0.15, 0.2) is 0 Å². The van der Waals surface area contributed by atoms with Crippen molar-refractivity contribution in [3.05, 3.63) is 0 Å². The quantitative estimate of drug-likeness (QED) is 0.328. The standard InChI is InChI=1S/C12H30N4/c13-7-1-4-10-16(11-5-2-8-14)12-6-3-9-15/h1-15H2/p+1. The molecule has 0 bridgehead atoms. The number of unbranched alkanes of at least 4 members (excludes halogenated alkanes) is 3. The Labute approximate surface area is 101 Å². The summed E-state index contributed by atoms with van der Waals surface area (Å²) in [5.41, 5.74) is 16.5. The van der Waals surface area contributed by atoms with Gasteiger partial charge in [-0.15, -0.1) is 0 Å². The Morgan fingerprint density at radius 3 is 1.06 bits per heavy atom. The van der Waals surface area contributed by atoms with Crippen LogP contribution in [0.25, 0.3) is 0 Å². The highest BCUT2D eigenvalue weighted by Crippen LogP contribution is 1.85. The number of quaternary nitrogens is 1. The van der Waals surface area contributed by atoms with Crippen LogP contribution in [-0.2, 0) is 0 Å². The molecule has 0 aromatic carbocycles. The van der Waals surface area contributed by atoms with Crippen LogP contribution < -0.4 is 22.1 Å². The summed E-state index contributed by atoms with van der Waals surface area (Å²) in [4.78, 5) is 1.70. The predicted octanol–water partition coefficient (Wildman–Crippen LogP) is -0.912. The fraction of sp³-hybridized carbons (Fsp3) is 1.00. The molecular weight excluding hydrogens is 200 g/mol. The first-order valence-corrected chi connectivity index (χ1v) is 6.79. The van der Waals surface area contributed by atoms with Gasteiger partial charge in [0.25, 0.3) is 0 Å². The van der Waals surface area contributed by atoms with Crippen molar-refractivity contribution in [3.8, 4) is 0 Å². The van der Waals surface area contributed by atoms with E-state index in [0.29, 0.717) is 0 Å². The molecule has 0 rings (SSSR count). The Morgan fingerprint density at radius 1 is 0.500 bits per heavy atom. The lowest BCUT2D eigenvalue weighted by Gasteiger charge is -2.19. The van der Waals surface area contributed by atoms with Gasteiger partial charge in [0.1, 0.15) is 0 Å². The summed E-state index contributed by atoms with van der Waals surface area (Å²) in [6.07, 6.45) is 7.19. The third kappa shape index (κ3) is 10.4. The zero-order chi connectivity index (χ0) is 12.1. The topological polar surface area (TPSA) is 82.5 Å². The van der Waals surface area contributed by atoms with Gasteiger partial charge in [-0.2, -0.15) is 0 Å². The molecule has 0 radical (unpaired) electrons. The molecule has 4 nitrogen and oxygen atoms in total. The average molecular weight is 231 g/mol. The van der Waals surface area contributed by atoms with Gasteiger partial charge in [-0.3, -0.25) is 0 Å². The van der Waals surface area contributed by atoms with Crippen LogP contribution in [0.4, 0.5) is 0 Å². The maximum atomic E-state index is 5.52. The highest BCUT2D eigenvalue weighted by atomic mass is 15.1. The molecule has 0 aromatic heterocycles. The van der Waals surface area contributed by atoms with Crippen molar-refractivity contribution < 1.29 is 4.90 Å². The van der Waals surface area contributed by atoms with Gasteiger partial charge in [-0.05, 0) is 58.2 Å². The van der Waals surface area contributed by atoms with Crippen LogP contribution >= 0.6 is 0 Å². The molecule has 0 aliphatic carbocycles. The summed E-state index contributed by atoms with van der Waals surface area (Å²) in [6, 6.07) is 0. The average Bonchev–Trinajstić information content (AvgIpc) is 2.29. The van der Waals surface area contributed by atoms with E-state index in [2.05, 4.69) is 0 Å². The molecule has 0 amide bonds. The van der Waals surface area contributed by atoms with Gasteiger partial charge in [0.15, 0.2) is 0 Å². The first-order valence-electron chi connectivity index (χ1n) is 6.79. The third-order valence-corrected chi connectivity index (χ3v) is 2.95. The number of hydrogen-bond acceptors (Lipinski definition) is 3. The maximum absolute atomic E-state index is 5.52. The summed E-state index contributed by atoms with van der Waals surface area (Å²) < 4.78 is 0. The van der Waals surface area contributed by atoms with E-state index in [9.17, 15) is 0 Å². The lowest BCUT2D eigenvalue weighted by molar-refractivity contribution is -0.900. The first kappa shape index (κ1) is 15.8. The van der Waals surface area contributed by atoms with Crippen molar-refractivity contribution in [3.63, 3.8) is 0 Å². The molecule has 16 heavy (non-hydrogen) atoms. The second kappa shape index (κ2) is 12.9. The summed E-state index contributed by atoms with van der Waals surface area (Å²) in [5.74, 6) is 0. The molecule has 7 N–H and O–H groups in total. The van der Waals surface area contributed by atoms with Crippen molar-refractivity contribution >= 4 is 0 Å². The number of rotatable bonds is 12. The minimum absolute atomic E-state index is 0.818. The zero-order valence-corrected chi connectivity index (χ0v) is 10.7. The SMILES string of the molecule is NCCCC[NH+](CCCCN)CCCCN. The Bertz CT molecular complexity index is 106. The zero-order valence-electron chi connectivity index (χ0n) is 10.7. The summed E-state index contributed by atoms with van der Waals surface area (Å²) in [6.45, 7) is 6.22. The van der Waals surface area contributed by atoms with E-state index in [1.165, 1.54) is 38.9 Å². The largest absolute Gasteiger partial charge is 0.335 e. The van der Waals surface area contributed by atoms with Crippen LogP contribution in [0.5, 0.6) is 0 Å². The van der Waals surface area contributed by atoms with E-state index >= 15 is 0 Å². The van der Waals surface area contributed by atoms with Crippen molar-refractivity contribution in [2.45, 2.75) is 38.5 Å². The molecule has 98 valence electrons. The Hall–Kier alpha value is -0.160. The minimum Gasteiger partial charge on any atom is -0.335 e. The summed E-state index contributed by atoms with van der Waals surface area (Å²) >= 11 is 0. The first-order chi connectivity index (χ1) is 7.85. The van der Waals surface area contributed by atoms with Crippen LogP contribution in [0.2, 0.25) is 0 Å². The predicted molar refractivity (Wildman–Crippen MR) is 70.4 cm³/mol. The third-order valence-electron chi connectivity index (χ3n) is 2.95. The highest BCUT2D eigenvalue weighted by Gasteiger charge is 2.06. The molecule has 0 aliphatic heterocycles. The lowest BCUT2D eigenvalue weighted by atomic mass is 10.2. The van der Waals surface area contributed by atoms with Crippen LogP contribution in [0.1, 0.15) is 38.5 Å². The van der Waals surface area contributed by atoms with Gasteiger partial charge in [-0.25, -0.2) is 0 Å². The highest BCUT2D eigenvalue weighted by molar-refractivity contribution is 4.44. The molecule has 0 aliphatic rings. The monoisotopic (exact) mass is 231 g/mol. The maximum Gasteiger partial charge on any atom is 0.0771 e. The van der Waals surface area contributed by atoms with E-state index in [-0.39, 0.29) is 0 Å². The number of nitrogens with two attached hydrogens (primary N) is 3. The van der Waals surface area contributed by atoms with E-state index in [1.54, 1.807) is 4.90 Å². The summed E-state index contributed by atoms with van der Waals surface area (Å²) in [7, 11) is 0. The van der Waals surface area contributed by atoms with Gasteiger partial charge in [0.05, 0.1) is 19.6 Å². The van der Waals surface area contributed by atoms with Gasteiger partial charge in [-0.1, -0.05) is 0 Å². The second-order valence-corrected chi connectivity index (χ2v) is 4.49. The van der Waals surface area contributed by atoms with Crippen molar-refractivity contribution in [2.75, 3.05) is 39.3 Å². The second-order valence-electron chi connectivity index (χ2n) is 4.49. The molecule has 0 aromatic rings. The normalized spacial score (nSPS) is 11.2.